The van der Waals surface area contributed by atoms with Crippen molar-refractivity contribution in [1.29, 1.82) is 0 Å². The molecule has 0 aromatic carbocycles. The minimum absolute atomic E-state index is 0.0398. The highest BCUT2D eigenvalue weighted by molar-refractivity contribution is 5.81. The number of rotatable bonds is 4. The zero-order valence-electron chi connectivity index (χ0n) is 11.6. The lowest BCUT2D eigenvalue weighted by Crippen LogP contribution is -2.49. The zero-order chi connectivity index (χ0) is 13.8. The second-order valence-electron chi connectivity index (χ2n) is 4.78. The van der Waals surface area contributed by atoms with E-state index >= 15 is 0 Å². The Hall–Kier alpha value is -1.63. The van der Waals surface area contributed by atoms with Crippen molar-refractivity contribution in [3.63, 3.8) is 0 Å². The van der Waals surface area contributed by atoms with Crippen molar-refractivity contribution in [2.24, 2.45) is 0 Å². The third kappa shape index (κ3) is 3.23. The number of nitrogens with zero attached hydrogens (tertiary/aromatic N) is 4. The molecule has 19 heavy (non-hydrogen) atoms. The Morgan fingerprint density at radius 1 is 1.53 bits per heavy atom. The number of aromatic nitrogens is 2. The van der Waals surface area contributed by atoms with Crippen LogP contribution in [0.2, 0.25) is 0 Å². The summed E-state index contributed by atoms with van der Waals surface area (Å²) in [6, 6.07) is 0. The summed E-state index contributed by atoms with van der Waals surface area (Å²) in [4.78, 5) is 19.7. The van der Waals surface area contributed by atoms with Crippen LogP contribution in [0.1, 0.15) is 19.2 Å². The molecule has 1 aliphatic rings. The van der Waals surface area contributed by atoms with Gasteiger partial charge in [0.25, 0.3) is 11.9 Å². The molecule has 2 heterocycles. The van der Waals surface area contributed by atoms with E-state index in [4.69, 9.17) is 9.26 Å². The van der Waals surface area contributed by atoms with Gasteiger partial charge in [0.2, 0.25) is 5.89 Å². The van der Waals surface area contributed by atoms with E-state index in [0.29, 0.717) is 31.5 Å². The van der Waals surface area contributed by atoms with Crippen molar-refractivity contribution in [3.8, 4) is 0 Å². The summed E-state index contributed by atoms with van der Waals surface area (Å²) in [6.45, 7) is 3.68. The third-order valence-electron chi connectivity index (χ3n) is 2.99. The molecule has 0 radical (unpaired) electrons. The summed E-state index contributed by atoms with van der Waals surface area (Å²) >= 11 is 0. The Bertz CT molecular complexity index is 432. The quantitative estimate of drug-likeness (QED) is 0.783. The van der Waals surface area contributed by atoms with Gasteiger partial charge in [-0.3, -0.25) is 4.79 Å². The number of carbonyl (C=O) groups is 1. The smallest absolute Gasteiger partial charge is 0.266 e. The molecule has 1 aromatic heterocycles. The molecule has 0 saturated carbocycles. The fraction of sp³-hybridized carbons (Fsp3) is 0.750. The van der Waals surface area contributed by atoms with Crippen LogP contribution in [0.4, 0.5) is 5.95 Å². The molecular weight excluding hydrogens is 248 g/mol. The van der Waals surface area contributed by atoms with Gasteiger partial charge in [0.1, 0.15) is 0 Å². The van der Waals surface area contributed by atoms with Gasteiger partial charge in [-0.2, -0.15) is 4.98 Å². The van der Waals surface area contributed by atoms with E-state index in [2.05, 4.69) is 17.1 Å². The molecule has 0 N–H and O–H groups in total. The minimum atomic E-state index is -0.461. The van der Waals surface area contributed by atoms with Crippen molar-refractivity contribution >= 4 is 11.9 Å². The predicted molar refractivity (Wildman–Crippen MR) is 68.9 cm³/mol. The number of aryl methyl sites for hydroxylation is 1. The number of amides is 1. The molecule has 1 saturated heterocycles. The van der Waals surface area contributed by atoms with E-state index in [9.17, 15) is 4.79 Å². The maximum atomic E-state index is 11.9. The number of morpholine rings is 1. The van der Waals surface area contributed by atoms with Gasteiger partial charge in [-0.1, -0.05) is 6.92 Å². The lowest BCUT2D eigenvalue weighted by molar-refractivity contribution is -0.141. The first kappa shape index (κ1) is 13.8. The van der Waals surface area contributed by atoms with Crippen LogP contribution in [0.25, 0.3) is 0 Å². The van der Waals surface area contributed by atoms with Crippen molar-refractivity contribution in [1.82, 2.24) is 15.0 Å². The molecule has 106 valence electrons. The second kappa shape index (κ2) is 6.01. The second-order valence-corrected chi connectivity index (χ2v) is 4.78. The molecule has 1 amide bonds. The first-order chi connectivity index (χ1) is 9.11. The lowest BCUT2D eigenvalue weighted by atomic mass is 10.2. The van der Waals surface area contributed by atoms with Gasteiger partial charge in [-0.15, -0.1) is 0 Å². The first-order valence-corrected chi connectivity index (χ1v) is 6.52. The zero-order valence-corrected chi connectivity index (χ0v) is 11.6. The molecule has 1 aromatic rings. The Kier molecular flexibility index (Phi) is 4.36. The molecule has 1 fully saturated rings. The normalized spacial score (nSPS) is 19.5. The van der Waals surface area contributed by atoms with Crippen LogP contribution < -0.4 is 4.90 Å². The molecule has 0 spiro atoms. The number of likely N-dealkylation sites (N-methyl/N-ethyl adjacent to an activating group) is 1. The van der Waals surface area contributed by atoms with E-state index in [1.807, 2.05) is 4.90 Å². The van der Waals surface area contributed by atoms with Crippen LogP contribution in [0.3, 0.4) is 0 Å². The van der Waals surface area contributed by atoms with Crippen molar-refractivity contribution < 1.29 is 14.1 Å². The average Bonchev–Trinajstić information content (AvgIpc) is 2.87. The van der Waals surface area contributed by atoms with Crippen LogP contribution in [0, 0.1) is 0 Å². The first-order valence-electron chi connectivity index (χ1n) is 6.52. The summed E-state index contributed by atoms with van der Waals surface area (Å²) in [6.07, 6.45) is 1.28. The Morgan fingerprint density at radius 3 is 3.00 bits per heavy atom. The Morgan fingerprint density at radius 2 is 2.32 bits per heavy atom. The fourth-order valence-electron chi connectivity index (χ4n) is 1.96. The van der Waals surface area contributed by atoms with Crippen LogP contribution in [-0.2, 0) is 16.0 Å². The largest absolute Gasteiger partial charge is 0.365 e. The number of carbonyl (C=O) groups excluding carboxylic acids is 1. The summed E-state index contributed by atoms with van der Waals surface area (Å²) in [5.74, 6) is 1.14. The van der Waals surface area contributed by atoms with Crippen molar-refractivity contribution in [2.75, 3.05) is 38.7 Å². The van der Waals surface area contributed by atoms with Crippen LogP contribution in [-0.4, -0.2) is 60.8 Å². The number of hydrogen-bond acceptors (Lipinski definition) is 6. The van der Waals surface area contributed by atoms with E-state index in [1.165, 1.54) is 4.90 Å². The lowest BCUT2D eigenvalue weighted by Gasteiger charge is -2.32. The number of anilines is 1. The molecule has 1 unspecified atom stereocenters. The van der Waals surface area contributed by atoms with E-state index < -0.39 is 6.10 Å². The van der Waals surface area contributed by atoms with E-state index in [-0.39, 0.29) is 5.91 Å². The molecule has 0 bridgehead atoms. The highest BCUT2D eigenvalue weighted by Gasteiger charge is 2.29. The van der Waals surface area contributed by atoms with E-state index in [0.717, 1.165) is 12.8 Å². The maximum absolute atomic E-state index is 11.9. The number of hydrogen-bond donors (Lipinski definition) is 0. The summed E-state index contributed by atoms with van der Waals surface area (Å²) in [7, 11) is 3.44. The highest BCUT2D eigenvalue weighted by atomic mass is 16.5. The van der Waals surface area contributed by atoms with Gasteiger partial charge >= 0.3 is 0 Å². The van der Waals surface area contributed by atoms with Gasteiger partial charge in [-0.05, 0) is 11.6 Å². The van der Waals surface area contributed by atoms with Gasteiger partial charge in [-0.25, -0.2) is 0 Å². The topological polar surface area (TPSA) is 71.7 Å². The molecule has 2 rings (SSSR count). The van der Waals surface area contributed by atoms with Crippen LogP contribution in [0.15, 0.2) is 4.52 Å². The molecule has 1 atom stereocenters. The monoisotopic (exact) mass is 268 g/mol. The summed E-state index contributed by atoms with van der Waals surface area (Å²) in [5, 5.41) is 3.96. The molecular formula is C12H20N4O3. The average molecular weight is 268 g/mol. The SMILES string of the molecule is CCCc1nc(N2CCOC(C(=O)N(C)C)C2)no1. The van der Waals surface area contributed by atoms with Gasteiger partial charge < -0.3 is 19.1 Å². The number of ether oxygens (including phenoxy) is 1. The molecule has 0 aliphatic carbocycles. The van der Waals surface area contributed by atoms with Crippen molar-refractivity contribution in [2.45, 2.75) is 25.9 Å². The fourth-order valence-corrected chi connectivity index (χ4v) is 1.96. The Labute approximate surface area is 112 Å². The summed E-state index contributed by atoms with van der Waals surface area (Å²) < 4.78 is 10.7. The molecule has 7 nitrogen and oxygen atoms in total. The van der Waals surface area contributed by atoms with Gasteiger partial charge in [0, 0.05) is 27.1 Å². The van der Waals surface area contributed by atoms with Crippen LogP contribution >= 0.6 is 0 Å². The van der Waals surface area contributed by atoms with Crippen LogP contribution in [0.5, 0.6) is 0 Å². The predicted octanol–water partition coefficient (Wildman–Crippen LogP) is 0.316. The highest BCUT2D eigenvalue weighted by Crippen LogP contribution is 2.15. The Balaban J connectivity index is 2.01. The van der Waals surface area contributed by atoms with Gasteiger partial charge in [0.05, 0.1) is 13.2 Å². The van der Waals surface area contributed by atoms with E-state index in [1.54, 1.807) is 14.1 Å². The molecule has 1 aliphatic heterocycles. The minimum Gasteiger partial charge on any atom is -0.365 e. The molecule has 7 heteroatoms. The third-order valence-corrected chi connectivity index (χ3v) is 2.99. The van der Waals surface area contributed by atoms with Crippen molar-refractivity contribution in [3.05, 3.63) is 5.89 Å². The standard InChI is InChI=1S/C12H20N4O3/c1-4-5-10-13-12(14-19-10)16-6-7-18-9(8-16)11(17)15(2)3/h9H,4-8H2,1-3H3. The summed E-state index contributed by atoms with van der Waals surface area (Å²) in [5.41, 5.74) is 0. The van der Waals surface area contributed by atoms with Gasteiger partial charge in [0.15, 0.2) is 6.10 Å². The maximum Gasteiger partial charge on any atom is 0.266 e.